The van der Waals surface area contributed by atoms with Gasteiger partial charge in [0.15, 0.2) is 0 Å². The molecule has 0 heterocycles. The molecule has 0 aliphatic carbocycles. The first-order chi connectivity index (χ1) is 15.0. The number of hydrogen-bond donors (Lipinski definition) is 1. The minimum absolute atomic E-state index is 0.324. The molecule has 0 atom stereocenters. The van der Waals surface area contributed by atoms with Crippen molar-refractivity contribution in [3.05, 3.63) is 94.0 Å². The molecule has 0 bridgehead atoms. The molecule has 0 spiro atoms. The van der Waals surface area contributed by atoms with Gasteiger partial charge < -0.3 is 9.47 Å². The van der Waals surface area contributed by atoms with E-state index in [1.807, 2.05) is 56.3 Å². The van der Waals surface area contributed by atoms with Crippen molar-refractivity contribution in [1.82, 2.24) is 5.43 Å². The second-order valence-electron chi connectivity index (χ2n) is 7.05. The molecule has 3 aromatic rings. The number of carbonyl (C=O) groups is 1. The standard InChI is InChI=1S/C25H25ClN2O3/c1-18-7-3-8-19(2)24(18)31-14-6-13-30-23-12-4-9-20(15-23)17-27-28-25(29)21-10-5-11-22(26)16-21/h3-5,7-12,15-17H,6,13-14H2,1-2H3,(H,28,29)/b27-17+. The third-order valence-electron chi connectivity index (χ3n) is 4.54. The van der Waals surface area contributed by atoms with Crippen LogP contribution >= 0.6 is 11.6 Å². The smallest absolute Gasteiger partial charge is 0.271 e. The first kappa shape index (κ1) is 22.4. The van der Waals surface area contributed by atoms with E-state index >= 15 is 0 Å². The average Bonchev–Trinajstić information content (AvgIpc) is 2.75. The van der Waals surface area contributed by atoms with Crippen LogP contribution in [0.15, 0.2) is 71.8 Å². The van der Waals surface area contributed by atoms with Gasteiger partial charge in [0.2, 0.25) is 0 Å². The number of benzene rings is 3. The van der Waals surface area contributed by atoms with Crippen molar-refractivity contribution in [3.63, 3.8) is 0 Å². The molecule has 0 aromatic heterocycles. The molecule has 0 saturated carbocycles. The number of aryl methyl sites for hydroxylation is 2. The summed E-state index contributed by atoms with van der Waals surface area (Å²) in [6.45, 7) is 5.21. The van der Waals surface area contributed by atoms with Gasteiger partial charge in [0.25, 0.3) is 5.91 Å². The first-order valence-corrected chi connectivity index (χ1v) is 10.4. The quantitative estimate of drug-likeness (QED) is 0.271. The van der Waals surface area contributed by atoms with E-state index in [9.17, 15) is 4.79 Å². The van der Waals surface area contributed by atoms with Crippen LogP contribution in [0.25, 0.3) is 0 Å². The molecule has 0 unspecified atom stereocenters. The topological polar surface area (TPSA) is 59.9 Å². The Hall–Kier alpha value is -3.31. The summed E-state index contributed by atoms with van der Waals surface area (Å²) in [5.41, 5.74) is 6.03. The van der Waals surface area contributed by atoms with Gasteiger partial charge in [0, 0.05) is 17.0 Å². The van der Waals surface area contributed by atoms with Crippen molar-refractivity contribution in [1.29, 1.82) is 0 Å². The SMILES string of the molecule is Cc1cccc(C)c1OCCCOc1cccc(/C=N/NC(=O)c2cccc(Cl)c2)c1. The van der Waals surface area contributed by atoms with Gasteiger partial charge in [-0.05, 0) is 60.9 Å². The third-order valence-corrected chi connectivity index (χ3v) is 4.77. The molecule has 0 radical (unpaired) electrons. The fraction of sp³-hybridized carbons (Fsp3) is 0.200. The summed E-state index contributed by atoms with van der Waals surface area (Å²) in [7, 11) is 0. The average molecular weight is 437 g/mol. The third kappa shape index (κ3) is 6.86. The Labute approximate surface area is 187 Å². The largest absolute Gasteiger partial charge is 0.493 e. The zero-order valence-electron chi connectivity index (χ0n) is 17.6. The summed E-state index contributed by atoms with van der Waals surface area (Å²) in [6.07, 6.45) is 2.33. The highest BCUT2D eigenvalue weighted by atomic mass is 35.5. The first-order valence-electron chi connectivity index (χ1n) is 10.0. The number of hydrogen-bond acceptors (Lipinski definition) is 4. The zero-order valence-corrected chi connectivity index (χ0v) is 18.4. The maximum atomic E-state index is 12.1. The second kappa shape index (κ2) is 11.2. The number of nitrogens with zero attached hydrogens (tertiary/aromatic N) is 1. The van der Waals surface area contributed by atoms with E-state index in [4.69, 9.17) is 21.1 Å². The fourth-order valence-electron chi connectivity index (χ4n) is 2.99. The number of carbonyl (C=O) groups excluding carboxylic acids is 1. The summed E-state index contributed by atoms with van der Waals surface area (Å²) in [4.78, 5) is 12.1. The molecule has 160 valence electrons. The summed E-state index contributed by atoms with van der Waals surface area (Å²) >= 11 is 5.90. The van der Waals surface area contributed by atoms with Crippen molar-refractivity contribution >= 4 is 23.7 Å². The van der Waals surface area contributed by atoms with E-state index in [0.717, 1.165) is 34.6 Å². The van der Waals surface area contributed by atoms with Crippen LogP contribution in [-0.2, 0) is 0 Å². The molecule has 3 rings (SSSR count). The molecule has 31 heavy (non-hydrogen) atoms. The summed E-state index contributed by atoms with van der Waals surface area (Å²) in [5, 5.41) is 4.51. The molecule has 0 aliphatic heterocycles. The van der Waals surface area contributed by atoms with Crippen LogP contribution < -0.4 is 14.9 Å². The van der Waals surface area contributed by atoms with E-state index in [0.29, 0.717) is 23.8 Å². The molecule has 1 N–H and O–H groups in total. The van der Waals surface area contributed by atoms with Crippen LogP contribution in [0.5, 0.6) is 11.5 Å². The van der Waals surface area contributed by atoms with Gasteiger partial charge in [0.1, 0.15) is 11.5 Å². The van der Waals surface area contributed by atoms with Crippen LogP contribution in [0.3, 0.4) is 0 Å². The van der Waals surface area contributed by atoms with Gasteiger partial charge in [-0.3, -0.25) is 4.79 Å². The van der Waals surface area contributed by atoms with Crippen molar-refractivity contribution in [2.24, 2.45) is 5.10 Å². The lowest BCUT2D eigenvalue weighted by molar-refractivity contribution is 0.0955. The number of halogens is 1. The zero-order chi connectivity index (χ0) is 22.1. The lowest BCUT2D eigenvalue weighted by Crippen LogP contribution is -2.17. The monoisotopic (exact) mass is 436 g/mol. The van der Waals surface area contributed by atoms with E-state index in [1.165, 1.54) is 0 Å². The Morgan fingerprint density at radius 1 is 0.968 bits per heavy atom. The van der Waals surface area contributed by atoms with E-state index in [-0.39, 0.29) is 5.91 Å². The molecule has 1 amide bonds. The van der Waals surface area contributed by atoms with Crippen LogP contribution in [0, 0.1) is 13.8 Å². The van der Waals surface area contributed by atoms with Crippen molar-refractivity contribution in [3.8, 4) is 11.5 Å². The molecule has 0 aliphatic rings. The fourth-order valence-corrected chi connectivity index (χ4v) is 3.18. The highest BCUT2D eigenvalue weighted by Gasteiger charge is 2.05. The highest BCUT2D eigenvalue weighted by Crippen LogP contribution is 2.22. The van der Waals surface area contributed by atoms with Gasteiger partial charge >= 0.3 is 0 Å². The number of nitrogens with one attached hydrogen (secondary N) is 1. The Morgan fingerprint density at radius 2 is 1.68 bits per heavy atom. The predicted molar refractivity (Wildman–Crippen MR) is 124 cm³/mol. The molecule has 6 heteroatoms. The van der Waals surface area contributed by atoms with Crippen molar-refractivity contribution in [2.75, 3.05) is 13.2 Å². The van der Waals surface area contributed by atoms with E-state index in [2.05, 4.69) is 10.5 Å². The van der Waals surface area contributed by atoms with Crippen LogP contribution in [0.1, 0.15) is 33.5 Å². The number of hydrazone groups is 1. The minimum Gasteiger partial charge on any atom is -0.493 e. The number of rotatable bonds is 9. The number of ether oxygens (including phenoxy) is 2. The summed E-state index contributed by atoms with van der Waals surface area (Å²) in [5.74, 6) is 1.35. The van der Waals surface area contributed by atoms with Crippen molar-refractivity contribution in [2.45, 2.75) is 20.3 Å². The normalized spacial score (nSPS) is 10.8. The Morgan fingerprint density at radius 3 is 2.45 bits per heavy atom. The van der Waals surface area contributed by atoms with E-state index in [1.54, 1.807) is 30.5 Å². The Bertz CT molecular complexity index is 1050. The van der Waals surface area contributed by atoms with Gasteiger partial charge in [-0.2, -0.15) is 5.10 Å². The summed E-state index contributed by atoms with van der Waals surface area (Å²) < 4.78 is 11.7. The van der Waals surface area contributed by atoms with Gasteiger partial charge in [-0.25, -0.2) is 5.43 Å². The molecular weight excluding hydrogens is 412 g/mol. The maximum absolute atomic E-state index is 12.1. The van der Waals surface area contributed by atoms with Gasteiger partial charge in [-0.1, -0.05) is 48.0 Å². The van der Waals surface area contributed by atoms with Crippen LogP contribution in [0.2, 0.25) is 5.02 Å². The van der Waals surface area contributed by atoms with Crippen molar-refractivity contribution < 1.29 is 14.3 Å². The summed E-state index contributed by atoms with van der Waals surface area (Å²) in [6, 6.07) is 20.3. The molecule has 0 fully saturated rings. The molecule has 0 saturated heterocycles. The number of amides is 1. The highest BCUT2D eigenvalue weighted by molar-refractivity contribution is 6.30. The lowest BCUT2D eigenvalue weighted by atomic mass is 10.1. The molecular formula is C25H25ClN2O3. The molecule has 3 aromatic carbocycles. The second-order valence-corrected chi connectivity index (χ2v) is 7.49. The van der Waals surface area contributed by atoms with Crippen LogP contribution in [0.4, 0.5) is 0 Å². The van der Waals surface area contributed by atoms with Gasteiger partial charge in [-0.15, -0.1) is 0 Å². The molecule has 5 nitrogen and oxygen atoms in total. The number of para-hydroxylation sites is 1. The van der Waals surface area contributed by atoms with Gasteiger partial charge in [0.05, 0.1) is 19.4 Å². The lowest BCUT2D eigenvalue weighted by Gasteiger charge is -2.12. The Balaban J connectivity index is 1.44. The van der Waals surface area contributed by atoms with Crippen LogP contribution in [-0.4, -0.2) is 25.3 Å². The predicted octanol–water partition coefficient (Wildman–Crippen LogP) is 5.57. The maximum Gasteiger partial charge on any atom is 0.271 e. The minimum atomic E-state index is -0.324. The van der Waals surface area contributed by atoms with E-state index < -0.39 is 0 Å². The Kier molecular flexibility index (Phi) is 8.07.